The van der Waals surface area contributed by atoms with Gasteiger partial charge in [0, 0.05) is 53.8 Å². The maximum atomic E-state index is 13.9. The van der Waals surface area contributed by atoms with Crippen LogP contribution in [0.3, 0.4) is 0 Å². The number of benzene rings is 2. The number of nitro benzene ring substituents is 1. The number of hydrogen-bond donors (Lipinski definition) is 1. The number of para-hydroxylation sites is 1. The van der Waals surface area contributed by atoms with Gasteiger partial charge in [0.05, 0.1) is 10.8 Å². The second kappa shape index (κ2) is 7.35. The number of fused-ring (bicyclic) bond motifs is 2. The molecule has 3 heterocycles. The SMILES string of the molecule is CN1C[C@H](c2cccc([N+](=O)[O-])c2)C(C(=O)c2cccnc2)[C@]12C(=O)Nc1ccccc12. The van der Waals surface area contributed by atoms with Gasteiger partial charge in [-0.15, -0.1) is 0 Å². The minimum absolute atomic E-state index is 0.0463. The molecule has 8 heteroatoms. The van der Waals surface area contributed by atoms with Crippen LogP contribution >= 0.6 is 0 Å². The summed E-state index contributed by atoms with van der Waals surface area (Å²) < 4.78 is 0. The van der Waals surface area contributed by atoms with E-state index >= 15 is 0 Å². The highest BCUT2D eigenvalue weighted by Crippen LogP contribution is 2.55. The van der Waals surface area contributed by atoms with Crippen LogP contribution in [0.5, 0.6) is 0 Å². The van der Waals surface area contributed by atoms with Crippen LogP contribution in [0.2, 0.25) is 0 Å². The number of nitro groups is 1. The number of hydrogen-bond acceptors (Lipinski definition) is 6. The second-order valence-corrected chi connectivity index (χ2v) is 8.19. The molecular formula is C24H20N4O4. The van der Waals surface area contributed by atoms with Crippen LogP contribution in [0.15, 0.2) is 73.1 Å². The largest absolute Gasteiger partial charge is 0.324 e. The van der Waals surface area contributed by atoms with E-state index in [0.717, 1.165) is 5.56 Å². The first kappa shape index (κ1) is 20.0. The van der Waals surface area contributed by atoms with Gasteiger partial charge in [-0.05, 0) is 30.8 Å². The highest BCUT2D eigenvalue weighted by Gasteiger charge is 2.64. The molecule has 1 saturated heterocycles. The van der Waals surface area contributed by atoms with Crippen LogP contribution in [-0.2, 0) is 10.3 Å². The first-order valence-electron chi connectivity index (χ1n) is 10.3. The van der Waals surface area contributed by atoms with Crippen LogP contribution in [0.1, 0.15) is 27.4 Å². The normalized spacial score (nSPS) is 24.3. The number of likely N-dealkylation sites (N-methyl/N-ethyl adjacent to an activating group) is 1. The van der Waals surface area contributed by atoms with Gasteiger partial charge in [-0.2, -0.15) is 0 Å². The van der Waals surface area contributed by atoms with E-state index in [9.17, 15) is 19.7 Å². The molecule has 3 atom stereocenters. The third kappa shape index (κ3) is 2.76. The molecule has 0 saturated carbocycles. The number of rotatable bonds is 4. The summed E-state index contributed by atoms with van der Waals surface area (Å²) in [5.74, 6) is -1.70. The van der Waals surface area contributed by atoms with E-state index in [1.54, 1.807) is 30.5 Å². The number of carbonyl (C=O) groups is 2. The van der Waals surface area contributed by atoms with E-state index in [-0.39, 0.29) is 17.4 Å². The first-order chi connectivity index (χ1) is 15.4. The third-order valence-corrected chi connectivity index (χ3v) is 6.59. The van der Waals surface area contributed by atoms with Crippen molar-refractivity contribution in [3.63, 3.8) is 0 Å². The summed E-state index contributed by atoms with van der Waals surface area (Å²) in [5, 5.41) is 14.3. The quantitative estimate of drug-likeness (QED) is 0.388. The van der Waals surface area contributed by atoms with Crippen molar-refractivity contribution in [2.45, 2.75) is 11.5 Å². The summed E-state index contributed by atoms with van der Waals surface area (Å²) in [7, 11) is 1.82. The number of Topliss-reactive ketones (excluding diaryl/α,β-unsaturated/α-hetero) is 1. The summed E-state index contributed by atoms with van der Waals surface area (Å²) in [4.78, 5) is 44.4. The van der Waals surface area contributed by atoms with Gasteiger partial charge in [-0.3, -0.25) is 29.6 Å². The van der Waals surface area contributed by atoms with E-state index in [2.05, 4.69) is 10.3 Å². The minimum atomic E-state index is -1.22. The van der Waals surface area contributed by atoms with Crippen molar-refractivity contribution >= 4 is 23.1 Å². The molecule has 0 radical (unpaired) electrons. The lowest BCUT2D eigenvalue weighted by atomic mass is 9.70. The van der Waals surface area contributed by atoms with Crippen LogP contribution in [0.4, 0.5) is 11.4 Å². The van der Waals surface area contributed by atoms with Crippen molar-refractivity contribution in [1.82, 2.24) is 9.88 Å². The molecule has 2 aliphatic rings. The predicted octanol–water partition coefficient (Wildman–Crippen LogP) is 3.37. The van der Waals surface area contributed by atoms with E-state index in [1.165, 1.54) is 18.3 Å². The van der Waals surface area contributed by atoms with E-state index in [4.69, 9.17) is 0 Å². The average Bonchev–Trinajstić information content (AvgIpc) is 3.29. The number of nitrogens with one attached hydrogen (secondary N) is 1. The van der Waals surface area contributed by atoms with Crippen LogP contribution in [-0.4, -0.2) is 40.1 Å². The lowest BCUT2D eigenvalue weighted by molar-refractivity contribution is -0.384. The number of likely N-dealkylation sites (tertiary alicyclic amines) is 1. The zero-order valence-electron chi connectivity index (χ0n) is 17.3. The lowest BCUT2D eigenvalue weighted by Crippen LogP contribution is -2.51. The highest BCUT2D eigenvalue weighted by molar-refractivity contribution is 6.12. The van der Waals surface area contributed by atoms with E-state index in [1.807, 2.05) is 36.2 Å². The Kier molecular flexibility index (Phi) is 4.60. The molecule has 160 valence electrons. The van der Waals surface area contributed by atoms with Crippen molar-refractivity contribution in [3.8, 4) is 0 Å². The molecule has 1 spiro atoms. The van der Waals surface area contributed by atoms with Gasteiger partial charge in [-0.1, -0.05) is 30.3 Å². The molecule has 8 nitrogen and oxygen atoms in total. The van der Waals surface area contributed by atoms with Gasteiger partial charge in [0.25, 0.3) is 5.69 Å². The Balaban J connectivity index is 1.73. The second-order valence-electron chi connectivity index (χ2n) is 8.19. The summed E-state index contributed by atoms with van der Waals surface area (Å²) in [6.07, 6.45) is 3.08. The van der Waals surface area contributed by atoms with Crippen LogP contribution in [0.25, 0.3) is 0 Å². The Bertz CT molecular complexity index is 1250. The minimum Gasteiger partial charge on any atom is -0.324 e. The topological polar surface area (TPSA) is 105 Å². The Labute approximate surface area is 184 Å². The van der Waals surface area contributed by atoms with Crippen molar-refractivity contribution in [2.75, 3.05) is 18.9 Å². The average molecular weight is 428 g/mol. The Morgan fingerprint density at radius 2 is 2.00 bits per heavy atom. The molecule has 3 aromatic rings. The number of pyridine rings is 1. The van der Waals surface area contributed by atoms with Gasteiger partial charge in [0.1, 0.15) is 5.54 Å². The van der Waals surface area contributed by atoms with E-state index < -0.39 is 22.3 Å². The molecule has 1 unspecified atom stereocenters. The fourth-order valence-electron chi connectivity index (χ4n) is 5.25. The molecule has 0 bridgehead atoms. The summed E-state index contributed by atoms with van der Waals surface area (Å²) >= 11 is 0. The van der Waals surface area contributed by atoms with Crippen molar-refractivity contribution in [3.05, 3.63) is 99.9 Å². The number of anilines is 1. The molecule has 0 aliphatic carbocycles. The van der Waals surface area contributed by atoms with Gasteiger partial charge >= 0.3 is 0 Å². The Morgan fingerprint density at radius 1 is 1.19 bits per heavy atom. The van der Waals surface area contributed by atoms with Gasteiger partial charge in [0.2, 0.25) is 5.91 Å². The molecule has 2 aliphatic heterocycles. The van der Waals surface area contributed by atoms with Crippen molar-refractivity contribution in [2.24, 2.45) is 5.92 Å². The predicted molar refractivity (Wildman–Crippen MR) is 117 cm³/mol. The molecule has 1 N–H and O–H groups in total. The maximum Gasteiger partial charge on any atom is 0.269 e. The highest BCUT2D eigenvalue weighted by atomic mass is 16.6. The number of aromatic nitrogens is 1. The number of nitrogens with zero attached hydrogens (tertiary/aromatic N) is 3. The van der Waals surface area contributed by atoms with Crippen molar-refractivity contribution in [1.29, 1.82) is 0 Å². The van der Waals surface area contributed by atoms with Gasteiger partial charge in [-0.25, -0.2) is 0 Å². The Morgan fingerprint density at radius 3 is 2.75 bits per heavy atom. The number of carbonyl (C=O) groups excluding carboxylic acids is 2. The van der Waals surface area contributed by atoms with Gasteiger partial charge < -0.3 is 5.32 Å². The van der Waals surface area contributed by atoms with Gasteiger partial charge in [0.15, 0.2) is 5.78 Å². The maximum absolute atomic E-state index is 13.9. The molecule has 5 rings (SSSR count). The molecule has 2 aromatic carbocycles. The summed E-state index contributed by atoms with van der Waals surface area (Å²) in [5.41, 5.74) is 1.20. The standard InChI is InChI=1S/C24H20N4O4/c1-27-14-18(15-6-4-8-17(12-15)28(31)32)21(22(29)16-7-5-11-25-13-16)24(27)19-9-2-3-10-20(19)26-23(24)30/h2-13,18,21H,14H2,1H3,(H,26,30)/t18-,21?,24-/m1/s1. The number of non-ortho nitro benzene ring substituents is 1. The van der Waals surface area contributed by atoms with Crippen LogP contribution in [0, 0.1) is 16.0 Å². The monoisotopic (exact) mass is 428 g/mol. The molecular weight excluding hydrogens is 408 g/mol. The number of ketones is 1. The van der Waals surface area contributed by atoms with E-state index in [0.29, 0.717) is 23.4 Å². The summed E-state index contributed by atoms with van der Waals surface area (Å²) in [6.45, 7) is 0.388. The molecule has 1 aromatic heterocycles. The number of amides is 1. The molecule has 32 heavy (non-hydrogen) atoms. The first-order valence-corrected chi connectivity index (χ1v) is 10.3. The van der Waals surface area contributed by atoms with Crippen molar-refractivity contribution < 1.29 is 14.5 Å². The third-order valence-electron chi connectivity index (χ3n) is 6.59. The summed E-state index contributed by atoms with van der Waals surface area (Å²) in [6, 6.07) is 17.1. The fourth-order valence-corrected chi connectivity index (χ4v) is 5.25. The molecule has 1 fully saturated rings. The molecule has 1 amide bonds. The Hall–Kier alpha value is -3.91. The van der Waals surface area contributed by atoms with Crippen LogP contribution < -0.4 is 5.32 Å². The fraction of sp³-hybridized carbons (Fsp3) is 0.208. The smallest absolute Gasteiger partial charge is 0.269 e. The lowest BCUT2D eigenvalue weighted by Gasteiger charge is -2.35. The zero-order chi connectivity index (χ0) is 22.5. The zero-order valence-corrected chi connectivity index (χ0v) is 17.3.